The van der Waals surface area contributed by atoms with Crippen molar-refractivity contribution in [3.63, 3.8) is 0 Å². The van der Waals surface area contributed by atoms with Gasteiger partial charge in [0.1, 0.15) is 17.7 Å². The molecule has 1 aromatic heterocycles. The summed E-state index contributed by atoms with van der Waals surface area (Å²) in [7, 11) is 0. The maximum Gasteiger partial charge on any atom is 0.165 e. The molecule has 0 aliphatic heterocycles. The van der Waals surface area contributed by atoms with E-state index in [9.17, 15) is 13.2 Å². The van der Waals surface area contributed by atoms with Gasteiger partial charge in [0.25, 0.3) is 0 Å². The van der Waals surface area contributed by atoms with E-state index < -0.39 is 17.5 Å². The van der Waals surface area contributed by atoms with Crippen LogP contribution in [0.2, 0.25) is 0 Å². The third kappa shape index (κ3) is 2.57. The molecule has 96 valence electrons. The Bertz CT molecular complexity index is 679. The van der Waals surface area contributed by atoms with Crippen LogP contribution in [0.4, 0.5) is 30.4 Å². The number of nitrogens with zero attached hydrogens (tertiary/aromatic N) is 2. The van der Waals surface area contributed by atoms with Crippen LogP contribution in [0.15, 0.2) is 24.3 Å². The third-order valence-electron chi connectivity index (χ3n) is 2.31. The first-order valence-electron chi connectivity index (χ1n) is 5.09. The van der Waals surface area contributed by atoms with Crippen molar-refractivity contribution in [2.75, 3.05) is 11.1 Å². The van der Waals surface area contributed by atoms with E-state index in [1.54, 1.807) is 6.07 Å². The molecule has 0 aliphatic carbocycles. The van der Waals surface area contributed by atoms with Crippen LogP contribution in [-0.4, -0.2) is 4.98 Å². The number of rotatable bonds is 2. The van der Waals surface area contributed by atoms with Crippen molar-refractivity contribution in [2.24, 2.45) is 0 Å². The van der Waals surface area contributed by atoms with E-state index in [1.165, 1.54) is 12.1 Å². The number of benzene rings is 1. The van der Waals surface area contributed by atoms with Gasteiger partial charge in [-0.2, -0.15) is 5.26 Å². The number of hydrogen-bond acceptors (Lipinski definition) is 4. The second-order valence-corrected chi connectivity index (χ2v) is 3.62. The lowest BCUT2D eigenvalue weighted by Gasteiger charge is -2.08. The van der Waals surface area contributed by atoms with Crippen LogP contribution >= 0.6 is 0 Å². The second kappa shape index (κ2) is 4.86. The number of pyridine rings is 1. The Morgan fingerprint density at radius 3 is 2.47 bits per heavy atom. The highest BCUT2D eigenvalue weighted by atomic mass is 19.2. The molecule has 0 saturated carbocycles. The first-order chi connectivity index (χ1) is 9.01. The molecule has 2 rings (SSSR count). The first kappa shape index (κ1) is 12.7. The van der Waals surface area contributed by atoms with Gasteiger partial charge in [-0.05, 0) is 12.1 Å². The average Bonchev–Trinajstić information content (AvgIpc) is 2.38. The molecule has 1 aromatic carbocycles. The molecule has 0 fully saturated rings. The lowest BCUT2D eigenvalue weighted by atomic mass is 10.2. The summed E-state index contributed by atoms with van der Waals surface area (Å²) < 4.78 is 39.1. The zero-order chi connectivity index (χ0) is 14.0. The highest BCUT2D eigenvalue weighted by Gasteiger charge is 2.11. The molecular weight excluding hydrogens is 257 g/mol. The summed E-state index contributed by atoms with van der Waals surface area (Å²) >= 11 is 0. The number of nitriles is 1. The highest BCUT2D eigenvalue weighted by Crippen LogP contribution is 2.22. The summed E-state index contributed by atoms with van der Waals surface area (Å²) in [5.74, 6) is -3.36. The summed E-state index contributed by atoms with van der Waals surface area (Å²) in [5.41, 5.74) is 5.30. The van der Waals surface area contributed by atoms with Crippen LogP contribution in [-0.2, 0) is 0 Å². The SMILES string of the molecule is N#Cc1nc(Nc2cc(F)c(F)cc2F)ccc1N. The lowest BCUT2D eigenvalue weighted by Crippen LogP contribution is -2.01. The van der Waals surface area contributed by atoms with Crippen LogP contribution in [0.25, 0.3) is 0 Å². The lowest BCUT2D eigenvalue weighted by molar-refractivity contribution is 0.496. The number of aromatic nitrogens is 1. The van der Waals surface area contributed by atoms with Crippen molar-refractivity contribution in [3.8, 4) is 6.07 Å². The Labute approximate surface area is 106 Å². The number of nitrogen functional groups attached to an aromatic ring is 1. The fourth-order valence-corrected chi connectivity index (χ4v) is 1.39. The van der Waals surface area contributed by atoms with Crippen molar-refractivity contribution in [1.29, 1.82) is 5.26 Å². The van der Waals surface area contributed by atoms with Crippen LogP contribution in [0, 0.1) is 28.8 Å². The van der Waals surface area contributed by atoms with Crippen molar-refractivity contribution in [1.82, 2.24) is 4.98 Å². The number of nitrogens with two attached hydrogens (primary N) is 1. The van der Waals surface area contributed by atoms with Crippen LogP contribution in [0.5, 0.6) is 0 Å². The largest absolute Gasteiger partial charge is 0.396 e. The Morgan fingerprint density at radius 1 is 1.11 bits per heavy atom. The summed E-state index contributed by atoms with van der Waals surface area (Å²) in [6, 6.07) is 5.61. The van der Waals surface area contributed by atoms with Gasteiger partial charge in [0.2, 0.25) is 0 Å². The molecule has 0 saturated heterocycles. The average molecular weight is 264 g/mol. The topological polar surface area (TPSA) is 74.7 Å². The number of halogens is 3. The van der Waals surface area contributed by atoms with E-state index in [0.29, 0.717) is 12.1 Å². The van der Waals surface area contributed by atoms with Gasteiger partial charge >= 0.3 is 0 Å². The molecule has 0 spiro atoms. The molecule has 7 heteroatoms. The van der Waals surface area contributed by atoms with Gasteiger partial charge in [0.05, 0.1) is 11.4 Å². The minimum Gasteiger partial charge on any atom is -0.396 e. The van der Waals surface area contributed by atoms with Gasteiger partial charge in [-0.25, -0.2) is 18.2 Å². The summed E-state index contributed by atoms with van der Waals surface area (Å²) in [4.78, 5) is 3.80. The minimum atomic E-state index is -1.29. The van der Waals surface area contributed by atoms with Crippen molar-refractivity contribution >= 4 is 17.2 Å². The van der Waals surface area contributed by atoms with Gasteiger partial charge in [0.15, 0.2) is 17.3 Å². The number of nitrogens with one attached hydrogen (secondary N) is 1. The number of anilines is 3. The first-order valence-corrected chi connectivity index (χ1v) is 5.09. The Balaban J connectivity index is 2.37. The van der Waals surface area contributed by atoms with Gasteiger partial charge in [-0.15, -0.1) is 0 Å². The second-order valence-electron chi connectivity index (χ2n) is 3.62. The van der Waals surface area contributed by atoms with Gasteiger partial charge in [0, 0.05) is 12.1 Å². The molecule has 1 heterocycles. The van der Waals surface area contributed by atoms with E-state index in [4.69, 9.17) is 11.0 Å². The van der Waals surface area contributed by atoms with Gasteiger partial charge < -0.3 is 11.1 Å². The normalized spacial score (nSPS) is 10.0. The Hall–Kier alpha value is -2.75. The van der Waals surface area contributed by atoms with E-state index in [1.807, 2.05) is 0 Å². The summed E-state index contributed by atoms with van der Waals surface area (Å²) in [5, 5.41) is 11.2. The fourth-order valence-electron chi connectivity index (χ4n) is 1.39. The highest BCUT2D eigenvalue weighted by molar-refractivity contribution is 5.61. The molecule has 0 atom stereocenters. The molecular formula is C12H7F3N4. The summed E-state index contributed by atoms with van der Waals surface area (Å²) in [6.07, 6.45) is 0. The van der Waals surface area contributed by atoms with E-state index in [2.05, 4.69) is 10.3 Å². The zero-order valence-corrected chi connectivity index (χ0v) is 9.42. The third-order valence-corrected chi connectivity index (χ3v) is 2.31. The van der Waals surface area contributed by atoms with Gasteiger partial charge in [-0.1, -0.05) is 0 Å². The molecule has 2 aromatic rings. The van der Waals surface area contributed by atoms with Crippen LogP contribution < -0.4 is 11.1 Å². The number of hydrogen-bond donors (Lipinski definition) is 2. The van der Waals surface area contributed by atoms with Crippen molar-refractivity contribution in [2.45, 2.75) is 0 Å². The molecule has 0 amide bonds. The molecule has 0 radical (unpaired) electrons. The smallest absolute Gasteiger partial charge is 0.165 e. The molecule has 19 heavy (non-hydrogen) atoms. The van der Waals surface area contributed by atoms with E-state index in [0.717, 1.165) is 0 Å². The minimum absolute atomic E-state index is 0.0482. The molecule has 0 aliphatic rings. The molecule has 0 bridgehead atoms. The predicted octanol–water partition coefficient (Wildman–Crippen LogP) is 2.70. The quantitative estimate of drug-likeness (QED) is 0.818. The fraction of sp³-hybridized carbons (Fsp3) is 0. The van der Waals surface area contributed by atoms with Crippen LogP contribution in [0.1, 0.15) is 5.69 Å². The molecule has 3 N–H and O–H groups in total. The van der Waals surface area contributed by atoms with Crippen molar-refractivity contribution in [3.05, 3.63) is 47.4 Å². The molecule has 4 nitrogen and oxygen atoms in total. The van der Waals surface area contributed by atoms with Crippen LogP contribution in [0.3, 0.4) is 0 Å². The Morgan fingerprint density at radius 2 is 1.79 bits per heavy atom. The predicted molar refractivity (Wildman–Crippen MR) is 63.0 cm³/mol. The standard InChI is InChI=1S/C12H7F3N4/c13-6-3-8(15)10(4-7(6)14)18-12-2-1-9(17)11(5-16)19-12/h1-4H,17H2,(H,18,19). The monoisotopic (exact) mass is 264 g/mol. The van der Waals surface area contributed by atoms with E-state index >= 15 is 0 Å². The van der Waals surface area contributed by atoms with E-state index in [-0.39, 0.29) is 22.9 Å². The Kier molecular flexibility index (Phi) is 3.25. The van der Waals surface area contributed by atoms with Gasteiger partial charge in [-0.3, -0.25) is 0 Å². The molecule has 0 unspecified atom stereocenters. The maximum atomic E-state index is 13.4. The van der Waals surface area contributed by atoms with Crippen molar-refractivity contribution < 1.29 is 13.2 Å². The maximum absolute atomic E-state index is 13.4. The summed E-state index contributed by atoms with van der Waals surface area (Å²) in [6.45, 7) is 0. The zero-order valence-electron chi connectivity index (χ0n) is 9.42.